The van der Waals surface area contributed by atoms with Gasteiger partial charge in [-0.15, -0.1) is 0 Å². The summed E-state index contributed by atoms with van der Waals surface area (Å²) in [5, 5.41) is 5.87. The summed E-state index contributed by atoms with van der Waals surface area (Å²) in [6.45, 7) is 4.68. The van der Waals surface area contributed by atoms with Crippen molar-refractivity contribution in [3.63, 3.8) is 0 Å². The van der Waals surface area contributed by atoms with Crippen molar-refractivity contribution >= 4 is 11.7 Å². The number of likely N-dealkylation sites (tertiary alicyclic amines) is 1. The predicted octanol–water partition coefficient (Wildman–Crippen LogP) is 4.72. The first-order valence-corrected chi connectivity index (χ1v) is 8.89. The van der Waals surface area contributed by atoms with Crippen LogP contribution in [0.4, 0.5) is 28.0 Å². The third-order valence-electron chi connectivity index (χ3n) is 4.79. The molecule has 0 aliphatic carbocycles. The number of aryl methyl sites for hydroxylation is 1. The summed E-state index contributed by atoms with van der Waals surface area (Å²) in [5.41, 5.74) is 1.12. The molecule has 2 aromatic rings. The number of rotatable bonds is 4. The highest BCUT2D eigenvalue weighted by Crippen LogP contribution is 2.30. The minimum absolute atomic E-state index is 0.0146. The van der Waals surface area contributed by atoms with E-state index in [0.717, 1.165) is 23.3 Å². The van der Waals surface area contributed by atoms with E-state index >= 15 is 0 Å². The molecule has 150 valence electrons. The molecular formula is C20H21F4N3O. The summed E-state index contributed by atoms with van der Waals surface area (Å²) in [7, 11) is 0. The van der Waals surface area contributed by atoms with Gasteiger partial charge in [-0.1, -0.05) is 12.1 Å². The average Bonchev–Trinajstić information content (AvgIpc) is 2.56. The van der Waals surface area contributed by atoms with Crippen LogP contribution in [0.5, 0.6) is 0 Å². The number of carbonyl (C=O) groups excluding carboxylic acids is 1. The molecule has 4 nitrogen and oxygen atoms in total. The van der Waals surface area contributed by atoms with E-state index < -0.39 is 17.8 Å². The van der Waals surface area contributed by atoms with Crippen molar-refractivity contribution in [1.82, 2.24) is 10.2 Å². The first kappa shape index (κ1) is 20.1. The molecule has 0 saturated carbocycles. The average molecular weight is 395 g/mol. The summed E-state index contributed by atoms with van der Waals surface area (Å²) in [5.74, 6) is -0.283. The largest absolute Gasteiger partial charge is 0.416 e. The van der Waals surface area contributed by atoms with Crippen LogP contribution in [0.2, 0.25) is 0 Å². The van der Waals surface area contributed by atoms with E-state index in [0.29, 0.717) is 13.1 Å². The summed E-state index contributed by atoms with van der Waals surface area (Å²) in [4.78, 5) is 13.7. The smallest absolute Gasteiger partial charge is 0.321 e. The number of hydrogen-bond acceptors (Lipinski definition) is 2. The predicted molar refractivity (Wildman–Crippen MR) is 98.5 cm³/mol. The first-order valence-electron chi connectivity index (χ1n) is 8.89. The molecule has 0 radical (unpaired) electrons. The number of alkyl halides is 3. The quantitative estimate of drug-likeness (QED) is 0.736. The molecule has 0 aromatic heterocycles. The molecule has 2 amide bonds. The van der Waals surface area contributed by atoms with Gasteiger partial charge in [-0.05, 0) is 55.3 Å². The number of amides is 2. The van der Waals surface area contributed by atoms with Crippen LogP contribution >= 0.6 is 0 Å². The van der Waals surface area contributed by atoms with Crippen molar-refractivity contribution in [2.45, 2.75) is 32.1 Å². The normalized spacial score (nSPS) is 15.9. The van der Waals surface area contributed by atoms with Gasteiger partial charge < -0.3 is 15.5 Å². The number of urea groups is 1. The molecule has 0 spiro atoms. The third kappa shape index (κ3) is 4.62. The molecule has 1 atom stereocenters. The number of nitrogens with one attached hydrogen (secondary N) is 2. The Kier molecular flexibility index (Phi) is 5.60. The molecule has 1 aliphatic rings. The van der Waals surface area contributed by atoms with Crippen LogP contribution in [0, 0.1) is 12.7 Å². The Hall–Kier alpha value is -2.61. The van der Waals surface area contributed by atoms with Crippen molar-refractivity contribution in [2.75, 3.05) is 18.4 Å². The zero-order chi connectivity index (χ0) is 20.5. The Morgan fingerprint density at radius 2 is 1.89 bits per heavy atom. The van der Waals surface area contributed by atoms with E-state index in [9.17, 15) is 22.4 Å². The van der Waals surface area contributed by atoms with E-state index in [1.165, 1.54) is 29.2 Å². The number of nitrogens with zero attached hydrogens (tertiary/aromatic N) is 1. The summed E-state index contributed by atoms with van der Waals surface area (Å²) >= 11 is 0. The molecule has 1 aliphatic heterocycles. The monoisotopic (exact) mass is 395 g/mol. The van der Waals surface area contributed by atoms with Crippen LogP contribution < -0.4 is 10.6 Å². The van der Waals surface area contributed by atoms with Crippen LogP contribution in [-0.4, -0.2) is 30.1 Å². The number of hydrogen-bond donors (Lipinski definition) is 2. The highest BCUT2D eigenvalue weighted by atomic mass is 19.4. The van der Waals surface area contributed by atoms with Gasteiger partial charge in [0, 0.05) is 30.9 Å². The Morgan fingerprint density at radius 3 is 2.54 bits per heavy atom. The van der Waals surface area contributed by atoms with Gasteiger partial charge in [-0.25, -0.2) is 9.18 Å². The molecule has 1 unspecified atom stereocenters. The Balaban J connectivity index is 1.51. The van der Waals surface area contributed by atoms with Gasteiger partial charge in [0.2, 0.25) is 0 Å². The summed E-state index contributed by atoms with van der Waals surface area (Å²) in [6, 6.07) is 8.77. The molecule has 2 aromatic carbocycles. The topological polar surface area (TPSA) is 44.4 Å². The lowest BCUT2D eigenvalue weighted by Crippen LogP contribution is -2.61. The Morgan fingerprint density at radius 1 is 1.18 bits per heavy atom. The van der Waals surface area contributed by atoms with Crippen molar-refractivity contribution in [1.29, 1.82) is 0 Å². The molecule has 8 heteroatoms. The fourth-order valence-corrected chi connectivity index (χ4v) is 3.29. The number of carbonyl (C=O) groups is 1. The van der Waals surface area contributed by atoms with Crippen LogP contribution in [0.25, 0.3) is 0 Å². The molecule has 1 fully saturated rings. The van der Waals surface area contributed by atoms with Crippen LogP contribution in [0.3, 0.4) is 0 Å². The SMILES string of the molecule is Cc1cc(F)ccc1C(C)NC1CN(C(=O)Nc2cccc(C(F)(F)F)c2)C1. The maximum absolute atomic E-state index is 13.2. The van der Waals surface area contributed by atoms with Gasteiger partial charge in [-0.2, -0.15) is 13.2 Å². The van der Waals surface area contributed by atoms with E-state index in [4.69, 9.17) is 0 Å². The lowest BCUT2D eigenvalue weighted by Gasteiger charge is -2.41. The number of anilines is 1. The second-order valence-electron chi connectivity index (χ2n) is 7.00. The minimum atomic E-state index is -4.46. The summed E-state index contributed by atoms with van der Waals surface area (Å²) in [6.07, 6.45) is -4.46. The second kappa shape index (κ2) is 7.79. The first-order chi connectivity index (χ1) is 13.1. The zero-order valence-corrected chi connectivity index (χ0v) is 15.5. The lowest BCUT2D eigenvalue weighted by molar-refractivity contribution is -0.137. The van der Waals surface area contributed by atoms with Crippen LogP contribution in [0.1, 0.15) is 29.7 Å². The van der Waals surface area contributed by atoms with E-state index in [1.807, 2.05) is 13.8 Å². The number of benzene rings is 2. The molecule has 2 N–H and O–H groups in total. The van der Waals surface area contributed by atoms with E-state index in [2.05, 4.69) is 10.6 Å². The van der Waals surface area contributed by atoms with Gasteiger partial charge in [0.05, 0.1) is 5.56 Å². The van der Waals surface area contributed by atoms with Crippen LogP contribution in [-0.2, 0) is 6.18 Å². The Labute approximate surface area is 160 Å². The van der Waals surface area contributed by atoms with Crippen molar-refractivity contribution in [2.24, 2.45) is 0 Å². The van der Waals surface area contributed by atoms with Crippen molar-refractivity contribution < 1.29 is 22.4 Å². The van der Waals surface area contributed by atoms with Gasteiger partial charge in [0.15, 0.2) is 0 Å². The van der Waals surface area contributed by atoms with E-state index in [-0.39, 0.29) is 23.6 Å². The number of halogens is 4. The molecule has 1 saturated heterocycles. The molecule has 3 rings (SSSR count). The van der Waals surface area contributed by atoms with Gasteiger partial charge in [-0.3, -0.25) is 0 Å². The van der Waals surface area contributed by atoms with Gasteiger partial charge in [0.1, 0.15) is 5.82 Å². The highest BCUT2D eigenvalue weighted by molar-refractivity contribution is 5.90. The second-order valence-corrected chi connectivity index (χ2v) is 7.00. The maximum Gasteiger partial charge on any atom is 0.416 e. The summed E-state index contributed by atoms with van der Waals surface area (Å²) < 4.78 is 51.5. The third-order valence-corrected chi connectivity index (χ3v) is 4.79. The van der Waals surface area contributed by atoms with Gasteiger partial charge in [0.25, 0.3) is 0 Å². The van der Waals surface area contributed by atoms with Gasteiger partial charge >= 0.3 is 12.2 Å². The molecule has 0 bridgehead atoms. The standard InChI is InChI=1S/C20H21F4N3O/c1-12-8-15(21)6-7-18(12)13(2)25-17-10-27(11-17)19(28)26-16-5-3-4-14(9-16)20(22,23)24/h3-9,13,17,25H,10-11H2,1-2H3,(H,26,28). The van der Waals surface area contributed by atoms with Crippen molar-refractivity contribution in [3.8, 4) is 0 Å². The minimum Gasteiger partial charge on any atom is -0.321 e. The lowest BCUT2D eigenvalue weighted by atomic mass is 10.00. The molecule has 28 heavy (non-hydrogen) atoms. The Bertz CT molecular complexity index is 863. The van der Waals surface area contributed by atoms with E-state index in [1.54, 1.807) is 6.07 Å². The fourth-order valence-electron chi connectivity index (χ4n) is 3.29. The molecular weight excluding hydrogens is 374 g/mol. The maximum atomic E-state index is 13.2. The zero-order valence-electron chi connectivity index (χ0n) is 15.5. The molecule has 1 heterocycles. The fraction of sp³-hybridized carbons (Fsp3) is 0.350. The van der Waals surface area contributed by atoms with Crippen LogP contribution in [0.15, 0.2) is 42.5 Å². The van der Waals surface area contributed by atoms with Crippen molar-refractivity contribution in [3.05, 3.63) is 65.0 Å². The highest BCUT2D eigenvalue weighted by Gasteiger charge is 2.33.